The Morgan fingerprint density at radius 1 is 1.19 bits per heavy atom. The minimum atomic E-state index is -0.714. The quantitative estimate of drug-likeness (QED) is 0.811. The minimum absolute atomic E-state index is 0.0915. The van der Waals surface area contributed by atoms with Gasteiger partial charge in [-0.15, -0.1) is 0 Å². The molecule has 5 nitrogen and oxygen atoms in total. The van der Waals surface area contributed by atoms with E-state index < -0.39 is 17.6 Å². The highest BCUT2D eigenvalue weighted by atomic mass is 16.5. The van der Waals surface area contributed by atoms with Gasteiger partial charge in [-0.05, 0) is 26.3 Å². The van der Waals surface area contributed by atoms with Crippen molar-refractivity contribution in [2.75, 3.05) is 13.7 Å². The Labute approximate surface area is 125 Å². The Bertz CT molecular complexity index is 465. The summed E-state index contributed by atoms with van der Waals surface area (Å²) < 4.78 is 10.1. The first-order valence-corrected chi connectivity index (χ1v) is 6.87. The normalized spacial score (nSPS) is 12.6. The molecule has 1 unspecified atom stereocenters. The Morgan fingerprint density at radius 2 is 1.81 bits per heavy atom. The molecule has 1 N–H and O–H groups in total. The third-order valence-electron chi connectivity index (χ3n) is 2.74. The van der Waals surface area contributed by atoms with Crippen LogP contribution in [0.15, 0.2) is 30.3 Å². The molecule has 1 amide bonds. The van der Waals surface area contributed by atoms with E-state index in [-0.39, 0.29) is 12.5 Å². The summed E-state index contributed by atoms with van der Waals surface area (Å²) in [5.41, 5.74) is 0.544. The van der Waals surface area contributed by atoms with Crippen molar-refractivity contribution in [1.29, 1.82) is 0 Å². The number of ether oxygens (including phenoxy) is 2. The average molecular weight is 293 g/mol. The highest BCUT2D eigenvalue weighted by Gasteiger charge is 2.22. The zero-order valence-corrected chi connectivity index (χ0v) is 13.0. The number of hydrogen-bond donors (Lipinski definition) is 1. The van der Waals surface area contributed by atoms with Crippen molar-refractivity contribution in [3.8, 4) is 0 Å². The molecule has 1 rings (SSSR count). The first-order valence-electron chi connectivity index (χ1n) is 6.87. The zero-order chi connectivity index (χ0) is 15.9. The predicted octanol–water partition coefficient (Wildman–Crippen LogP) is 1.70. The van der Waals surface area contributed by atoms with E-state index >= 15 is 0 Å². The fraction of sp³-hybridized carbons (Fsp3) is 0.500. The van der Waals surface area contributed by atoms with Crippen molar-refractivity contribution in [1.82, 2.24) is 5.32 Å². The van der Waals surface area contributed by atoms with Crippen molar-refractivity contribution >= 4 is 11.9 Å². The standard InChI is InChI=1S/C16H23NO4/c1-16(2,3)21-11-14(18)17-13(15(19)20-4)10-12-8-6-5-7-9-12/h5-9,13H,10-11H2,1-4H3,(H,17,18). The first kappa shape index (κ1) is 17.2. The summed E-state index contributed by atoms with van der Waals surface area (Å²) in [5.74, 6) is -0.806. The van der Waals surface area contributed by atoms with Crippen LogP contribution in [-0.2, 0) is 25.5 Å². The molecule has 0 saturated heterocycles. The smallest absolute Gasteiger partial charge is 0.328 e. The van der Waals surface area contributed by atoms with Crippen LogP contribution in [0.4, 0.5) is 0 Å². The van der Waals surface area contributed by atoms with Crippen molar-refractivity contribution in [2.45, 2.75) is 38.8 Å². The Morgan fingerprint density at radius 3 is 2.33 bits per heavy atom. The fourth-order valence-electron chi connectivity index (χ4n) is 1.70. The molecule has 0 spiro atoms. The van der Waals surface area contributed by atoms with Gasteiger partial charge in [-0.1, -0.05) is 30.3 Å². The summed E-state index contributed by atoms with van der Waals surface area (Å²) in [6.07, 6.45) is 0.384. The maximum Gasteiger partial charge on any atom is 0.328 e. The average Bonchev–Trinajstić information content (AvgIpc) is 2.44. The minimum Gasteiger partial charge on any atom is -0.467 e. The Balaban J connectivity index is 2.62. The van der Waals surface area contributed by atoms with Gasteiger partial charge in [0.05, 0.1) is 12.7 Å². The number of carbonyl (C=O) groups excluding carboxylic acids is 2. The number of carbonyl (C=O) groups is 2. The summed E-state index contributed by atoms with van der Waals surface area (Å²) in [7, 11) is 1.30. The SMILES string of the molecule is COC(=O)C(Cc1ccccc1)NC(=O)COC(C)(C)C. The second-order valence-electron chi connectivity index (χ2n) is 5.73. The molecule has 21 heavy (non-hydrogen) atoms. The van der Waals surface area contributed by atoms with Crippen LogP contribution in [0.5, 0.6) is 0 Å². The summed E-state index contributed by atoms with van der Waals surface area (Å²) in [6, 6.07) is 8.74. The van der Waals surface area contributed by atoms with Gasteiger partial charge in [-0.3, -0.25) is 4.79 Å². The van der Waals surface area contributed by atoms with E-state index in [1.807, 2.05) is 51.1 Å². The second-order valence-corrected chi connectivity index (χ2v) is 5.73. The van der Waals surface area contributed by atoms with Crippen LogP contribution >= 0.6 is 0 Å². The van der Waals surface area contributed by atoms with Crippen molar-refractivity contribution in [3.05, 3.63) is 35.9 Å². The third-order valence-corrected chi connectivity index (χ3v) is 2.74. The van der Waals surface area contributed by atoms with E-state index in [4.69, 9.17) is 9.47 Å². The van der Waals surface area contributed by atoms with Gasteiger partial charge in [-0.2, -0.15) is 0 Å². The lowest BCUT2D eigenvalue weighted by Gasteiger charge is -2.21. The monoisotopic (exact) mass is 293 g/mol. The molecular weight excluding hydrogens is 270 g/mol. The van der Waals surface area contributed by atoms with Gasteiger partial charge in [0.15, 0.2) is 0 Å². The van der Waals surface area contributed by atoms with Crippen molar-refractivity contribution in [3.63, 3.8) is 0 Å². The van der Waals surface area contributed by atoms with E-state index in [1.54, 1.807) is 0 Å². The molecule has 0 fully saturated rings. The largest absolute Gasteiger partial charge is 0.467 e. The van der Waals surface area contributed by atoms with Gasteiger partial charge < -0.3 is 14.8 Å². The fourth-order valence-corrected chi connectivity index (χ4v) is 1.70. The summed E-state index contributed by atoms with van der Waals surface area (Å²) >= 11 is 0. The number of hydrogen-bond acceptors (Lipinski definition) is 4. The van der Waals surface area contributed by atoms with Crippen LogP contribution in [0.1, 0.15) is 26.3 Å². The molecule has 0 aliphatic carbocycles. The lowest BCUT2D eigenvalue weighted by molar-refractivity contribution is -0.146. The molecule has 0 saturated carbocycles. The molecule has 0 aromatic heterocycles. The highest BCUT2D eigenvalue weighted by Crippen LogP contribution is 2.07. The van der Waals surface area contributed by atoms with Crippen LogP contribution < -0.4 is 5.32 Å². The summed E-state index contributed by atoms with van der Waals surface area (Å²) in [5, 5.41) is 2.65. The molecule has 1 aromatic rings. The lowest BCUT2D eigenvalue weighted by atomic mass is 10.1. The number of esters is 1. The first-order chi connectivity index (χ1) is 9.81. The number of benzene rings is 1. The number of nitrogens with one attached hydrogen (secondary N) is 1. The molecule has 5 heteroatoms. The van der Waals surface area contributed by atoms with Crippen LogP contribution in [0, 0.1) is 0 Å². The molecule has 0 heterocycles. The predicted molar refractivity (Wildman–Crippen MR) is 79.8 cm³/mol. The molecule has 0 aliphatic rings. The zero-order valence-electron chi connectivity index (χ0n) is 13.0. The van der Waals surface area contributed by atoms with E-state index in [0.717, 1.165) is 5.56 Å². The van der Waals surface area contributed by atoms with Gasteiger partial charge >= 0.3 is 5.97 Å². The topological polar surface area (TPSA) is 64.6 Å². The van der Waals surface area contributed by atoms with Crippen LogP contribution in [0.3, 0.4) is 0 Å². The molecule has 0 aliphatic heterocycles. The summed E-state index contributed by atoms with van der Waals surface area (Å²) in [4.78, 5) is 23.6. The molecule has 116 valence electrons. The van der Waals surface area contributed by atoms with Crippen LogP contribution in [0.25, 0.3) is 0 Å². The maximum absolute atomic E-state index is 11.9. The molecule has 1 atom stereocenters. The molecule has 1 aromatic carbocycles. The van der Waals surface area contributed by atoms with E-state index in [1.165, 1.54) is 7.11 Å². The van der Waals surface area contributed by atoms with E-state index in [9.17, 15) is 9.59 Å². The van der Waals surface area contributed by atoms with Crippen molar-refractivity contribution < 1.29 is 19.1 Å². The van der Waals surface area contributed by atoms with Gasteiger partial charge in [0, 0.05) is 6.42 Å². The number of methoxy groups -OCH3 is 1. The molecule has 0 radical (unpaired) electrons. The van der Waals surface area contributed by atoms with Gasteiger partial charge in [0.25, 0.3) is 0 Å². The van der Waals surface area contributed by atoms with Gasteiger partial charge in [0.2, 0.25) is 5.91 Å². The lowest BCUT2D eigenvalue weighted by Crippen LogP contribution is -2.45. The Hall–Kier alpha value is -1.88. The van der Waals surface area contributed by atoms with Crippen LogP contribution in [-0.4, -0.2) is 37.2 Å². The van der Waals surface area contributed by atoms with Gasteiger partial charge in [0.1, 0.15) is 12.6 Å². The third kappa shape index (κ3) is 6.90. The molecular formula is C16H23NO4. The second kappa shape index (κ2) is 7.78. The maximum atomic E-state index is 11.9. The Kier molecular flexibility index (Phi) is 6.37. The molecule has 0 bridgehead atoms. The van der Waals surface area contributed by atoms with E-state index in [0.29, 0.717) is 6.42 Å². The van der Waals surface area contributed by atoms with Gasteiger partial charge in [-0.25, -0.2) is 4.79 Å². The van der Waals surface area contributed by atoms with Crippen LogP contribution in [0.2, 0.25) is 0 Å². The van der Waals surface area contributed by atoms with E-state index in [2.05, 4.69) is 5.32 Å². The number of rotatable bonds is 6. The van der Waals surface area contributed by atoms with Crippen molar-refractivity contribution in [2.24, 2.45) is 0 Å². The highest BCUT2D eigenvalue weighted by molar-refractivity contribution is 5.85. The number of amides is 1. The summed E-state index contributed by atoms with van der Waals surface area (Å²) in [6.45, 7) is 5.50.